The molecule has 1 aliphatic carbocycles. The average molecular weight is 602 g/mol. The minimum Gasteiger partial charge on any atom is -0.292 e. The zero-order chi connectivity index (χ0) is 29.9. The number of benzene rings is 7. The van der Waals surface area contributed by atoms with Crippen LogP contribution in [0.2, 0.25) is 0 Å². The van der Waals surface area contributed by atoms with Crippen molar-refractivity contribution >= 4 is 75.1 Å². The number of rotatable bonds is 2. The maximum Gasteiger partial charge on any atom is 0.165 e. The average Bonchev–Trinajstić information content (AvgIpc) is 3.62. The third-order valence-electron chi connectivity index (χ3n) is 9.71. The lowest BCUT2D eigenvalue weighted by Gasteiger charge is -2.16. The van der Waals surface area contributed by atoms with E-state index in [1.165, 1.54) is 64.0 Å². The highest BCUT2D eigenvalue weighted by Crippen LogP contribution is 2.52. The zero-order valence-corrected chi connectivity index (χ0v) is 25.3. The summed E-state index contributed by atoms with van der Waals surface area (Å²) in [6.45, 7) is 0. The molecule has 0 radical (unpaired) electrons. The molecule has 0 saturated carbocycles. The topological polar surface area (TPSA) is 30.7 Å². The van der Waals surface area contributed by atoms with Gasteiger partial charge in [0.15, 0.2) is 5.82 Å². The fraction of sp³-hybridized carbons (Fsp3) is 0. The van der Waals surface area contributed by atoms with Crippen LogP contribution in [0, 0.1) is 0 Å². The Kier molecular flexibility index (Phi) is 4.72. The van der Waals surface area contributed by atoms with Crippen molar-refractivity contribution in [3.05, 3.63) is 140 Å². The van der Waals surface area contributed by atoms with Crippen LogP contribution in [0.15, 0.2) is 140 Å². The van der Waals surface area contributed by atoms with Gasteiger partial charge in [0.05, 0.1) is 22.1 Å². The Bertz CT molecular complexity index is 2910. The summed E-state index contributed by atoms with van der Waals surface area (Å²) in [5.41, 5.74) is 11.1. The summed E-state index contributed by atoms with van der Waals surface area (Å²) < 4.78 is 5.00. The second-order valence-electron chi connectivity index (χ2n) is 12.1. The predicted molar refractivity (Wildman–Crippen MR) is 194 cm³/mol. The lowest BCUT2D eigenvalue weighted by molar-refractivity contribution is 1.08. The van der Waals surface area contributed by atoms with Crippen molar-refractivity contribution in [1.82, 2.24) is 14.5 Å². The van der Waals surface area contributed by atoms with Crippen molar-refractivity contribution in [3.63, 3.8) is 0 Å². The van der Waals surface area contributed by atoms with Gasteiger partial charge in [-0.25, -0.2) is 9.97 Å². The van der Waals surface area contributed by atoms with Crippen LogP contribution in [0.25, 0.3) is 103 Å². The Morgan fingerprint density at radius 3 is 2.07 bits per heavy atom. The molecule has 3 heterocycles. The molecule has 0 spiro atoms. The highest BCUT2D eigenvalue weighted by molar-refractivity contribution is 7.25. The summed E-state index contributed by atoms with van der Waals surface area (Å²) >= 11 is 1.88. The number of thiophene rings is 1. The molecule has 1 aliphatic rings. The molecule has 4 heteroatoms. The van der Waals surface area contributed by atoms with Gasteiger partial charge in [-0.15, -0.1) is 11.3 Å². The fourth-order valence-corrected chi connectivity index (χ4v) is 8.88. The second-order valence-corrected chi connectivity index (χ2v) is 13.2. The normalized spacial score (nSPS) is 12.3. The van der Waals surface area contributed by atoms with E-state index in [0.717, 1.165) is 39.1 Å². The van der Waals surface area contributed by atoms with Crippen LogP contribution in [0.3, 0.4) is 0 Å². The van der Waals surface area contributed by atoms with E-state index in [4.69, 9.17) is 9.97 Å². The number of aromatic nitrogens is 3. The molecule has 11 rings (SSSR count). The van der Waals surface area contributed by atoms with Crippen molar-refractivity contribution in [2.75, 3.05) is 0 Å². The second kappa shape index (κ2) is 8.87. The van der Waals surface area contributed by atoms with Gasteiger partial charge in [0.25, 0.3) is 0 Å². The standard InChI is InChI=1S/C42H23N3S/c1-2-10-25(11-3-1)41-42(44-33-17-6-5-16-32(33)43-41)45-34-18-9-15-28-30-23-37-31(26-13-4-7-19-36(26)46-37)22-29(30)27-14-8-12-24-20-21-35(45)40(38(24)27)39(28)34/h1-23H. The van der Waals surface area contributed by atoms with Crippen LogP contribution in [-0.2, 0) is 0 Å². The molecule has 10 aromatic rings. The van der Waals surface area contributed by atoms with E-state index >= 15 is 0 Å². The molecule has 7 aromatic carbocycles. The monoisotopic (exact) mass is 601 g/mol. The van der Waals surface area contributed by atoms with Crippen LogP contribution >= 0.6 is 11.3 Å². The van der Waals surface area contributed by atoms with Crippen molar-refractivity contribution in [2.24, 2.45) is 0 Å². The van der Waals surface area contributed by atoms with Gasteiger partial charge in [0, 0.05) is 36.5 Å². The predicted octanol–water partition coefficient (Wildman–Crippen LogP) is 11.6. The zero-order valence-electron chi connectivity index (χ0n) is 24.5. The van der Waals surface area contributed by atoms with Gasteiger partial charge in [-0.2, -0.15) is 0 Å². The Morgan fingerprint density at radius 2 is 1.17 bits per heavy atom. The van der Waals surface area contributed by atoms with Crippen molar-refractivity contribution < 1.29 is 0 Å². The molecule has 0 N–H and O–H groups in total. The number of hydrogen-bond acceptors (Lipinski definition) is 3. The van der Waals surface area contributed by atoms with Gasteiger partial charge < -0.3 is 0 Å². The highest BCUT2D eigenvalue weighted by atomic mass is 32.1. The third kappa shape index (κ3) is 3.16. The Morgan fingerprint density at radius 1 is 0.457 bits per heavy atom. The third-order valence-corrected chi connectivity index (χ3v) is 10.8. The number of hydrogen-bond donors (Lipinski definition) is 0. The van der Waals surface area contributed by atoms with Crippen LogP contribution in [0.1, 0.15) is 0 Å². The maximum absolute atomic E-state index is 5.36. The Labute approximate surface area is 267 Å². The van der Waals surface area contributed by atoms with E-state index in [1.807, 2.05) is 29.5 Å². The Balaban J connectivity index is 1.34. The summed E-state index contributed by atoms with van der Waals surface area (Å²) in [7, 11) is 0. The smallest absolute Gasteiger partial charge is 0.165 e. The number of fused-ring (bicyclic) bond motifs is 7. The van der Waals surface area contributed by atoms with Crippen molar-refractivity contribution in [1.29, 1.82) is 0 Å². The van der Waals surface area contributed by atoms with Crippen LogP contribution < -0.4 is 0 Å². The lowest BCUT2D eigenvalue weighted by Crippen LogP contribution is -2.03. The van der Waals surface area contributed by atoms with E-state index in [-0.39, 0.29) is 0 Å². The van der Waals surface area contributed by atoms with Gasteiger partial charge in [-0.1, -0.05) is 97.1 Å². The van der Waals surface area contributed by atoms with Crippen molar-refractivity contribution in [3.8, 4) is 39.3 Å². The minimum absolute atomic E-state index is 0.847. The number of para-hydroxylation sites is 2. The van der Waals surface area contributed by atoms with Crippen LogP contribution in [-0.4, -0.2) is 14.5 Å². The largest absolute Gasteiger partial charge is 0.292 e. The molecule has 46 heavy (non-hydrogen) atoms. The van der Waals surface area contributed by atoms with E-state index in [0.29, 0.717) is 0 Å². The maximum atomic E-state index is 5.36. The fourth-order valence-electron chi connectivity index (χ4n) is 7.76. The highest BCUT2D eigenvalue weighted by Gasteiger charge is 2.27. The van der Waals surface area contributed by atoms with Crippen LogP contribution in [0.5, 0.6) is 0 Å². The summed E-state index contributed by atoms with van der Waals surface area (Å²) in [5.74, 6) is 0.847. The molecule has 3 aromatic heterocycles. The molecule has 0 fully saturated rings. The van der Waals surface area contributed by atoms with E-state index < -0.39 is 0 Å². The molecule has 0 bridgehead atoms. The molecule has 0 atom stereocenters. The SMILES string of the molecule is c1ccc(-c2nc3ccccc3nc2-n2c3cccc4c3c3c5c(cccc5ccc32)-c2cc3c(cc2-4)sc2ccccc23)cc1. The summed E-state index contributed by atoms with van der Waals surface area (Å²) in [6.07, 6.45) is 0. The molecular formula is C42H23N3S. The van der Waals surface area contributed by atoms with Gasteiger partial charge in [0.1, 0.15) is 5.69 Å². The van der Waals surface area contributed by atoms with E-state index in [9.17, 15) is 0 Å². The molecular weight excluding hydrogens is 579 g/mol. The quantitative estimate of drug-likeness (QED) is 0.197. The first-order valence-electron chi connectivity index (χ1n) is 15.6. The van der Waals surface area contributed by atoms with E-state index in [2.05, 4.69) is 126 Å². The lowest BCUT2D eigenvalue weighted by atomic mass is 9.92. The summed E-state index contributed by atoms with van der Waals surface area (Å²) in [5, 5.41) is 7.73. The van der Waals surface area contributed by atoms with Crippen LogP contribution in [0.4, 0.5) is 0 Å². The van der Waals surface area contributed by atoms with E-state index in [1.54, 1.807) is 0 Å². The van der Waals surface area contributed by atoms with Gasteiger partial charge in [-0.05, 0) is 75.5 Å². The first kappa shape index (κ1) is 24.5. The Hall–Kier alpha value is -5.84. The minimum atomic E-state index is 0.847. The summed E-state index contributed by atoms with van der Waals surface area (Å²) in [4.78, 5) is 10.6. The summed E-state index contributed by atoms with van der Waals surface area (Å²) in [6, 6.07) is 50.4. The van der Waals surface area contributed by atoms with Crippen molar-refractivity contribution in [2.45, 2.75) is 0 Å². The molecule has 0 unspecified atom stereocenters. The molecule has 0 saturated heterocycles. The first-order valence-corrected chi connectivity index (χ1v) is 16.4. The van der Waals surface area contributed by atoms with Gasteiger partial charge in [0.2, 0.25) is 0 Å². The first-order chi connectivity index (χ1) is 22.8. The van der Waals surface area contributed by atoms with Gasteiger partial charge >= 0.3 is 0 Å². The number of nitrogens with zero attached hydrogens (tertiary/aromatic N) is 3. The molecule has 0 aliphatic heterocycles. The molecule has 0 amide bonds. The molecule has 3 nitrogen and oxygen atoms in total. The molecule has 212 valence electrons. The van der Waals surface area contributed by atoms with Gasteiger partial charge in [-0.3, -0.25) is 4.57 Å².